The Hall–Kier alpha value is -2.20. The first-order valence-electron chi connectivity index (χ1n) is 6.67. The summed E-state index contributed by atoms with van der Waals surface area (Å²) in [5.74, 6) is 1.68. The first-order chi connectivity index (χ1) is 10.4. The molecule has 1 heterocycles. The van der Waals surface area contributed by atoms with Crippen molar-refractivity contribution in [1.29, 1.82) is 0 Å². The summed E-state index contributed by atoms with van der Waals surface area (Å²) in [5, 5.41) is 11.7. The smallest absolute Gasteiger partial charge is 0.133 e. The molecule has 0 spiro atoms. The van der Waals surface area contributed by atoms with Crippen molar-refractivity contribution in [3.8, 4) is 5.75 Å². The van der Waals surface area contributed by atoms with E-state index in [1.807, 2.05) is 42.5 Å². The monoisotopic (exact) mass is 297 g/mol. The molecule has 3 nitrogen and oxygen atoms in total. The highest BCUT2D eigenvalue weighted by Gasteiger charge is 2.14. The number of rotatable bonds is 4. The summed E-state index contributed by atoms with van der Waals surface area (Å²) in [5.41, 5.74) is 3.25. The van der Waals surface area contributed by atoms with Crippen LogP contribution in [0.25, 0.3) is 6.08 Å². The third-order valence-corrected chi connectivity index (χ3v) is 4.40. The van der Waals surface area contributed by atoms with Gasteiger partial charge in [-0.15, -0.1) is 11.8 Å². The maximum Gasteiger partial charge on any atom is 0.133 e. The second kappa shape index (κ2) is 6.50. The molecule has 2 aromatic rings. The molecule has 0 bridgehead atoms. The van der Waals surface area contributed by atoms with Crippen LogP contribution in [0.15, 0.2) is 64.2 Å². The van der Waals surface area contributed by atoms with Gasteiger partial charge in [-0.1, -0.05) is 47.6 Å². The Kier molecular flexibility index (Phi) is 4.26. The summed E-state index contributed by atoms with van der Waals surface area (Å²) in [6.45, 7) is 0.562. The molecule has 0 aromatic heterocycles. The molecular weight excluding hydrogens is 282 g/mol. The SMILES string of the molecule is O/N=C/C1=Cc2cccc(OCc3ccccc3)c2SC1. The van der Waals surface area contributed by atoms with Gasteiger partial charge in [-0.3, -0.25) is 0 Å². The van der Waals surface area contributed by atoms with E-state index in [-0.39, 0.29) is 0 Å². The van der Waals surface area contributed by atoms with Crippen molar-refractivity contribution in [2.45, 2.75) is 11.5 Å². The van der Waals surface area contributed by atoms with Gasteiger partial charge in [0.05, 0.1) is 11.1 Å². The molecule has 4 heteroatoms. The molecule has 0 fully saturated rings. The maximum absolute atomic E-state index is 8.63. The van der Waals surface area contributed by atoms with Crippen molar-refractivity contribution in [2.24, 2.45) is 5.16 Å². The molecule has 1 aliphatic heterocycles. The van der Waals surface area contributed by atoms with Crippen molar-refractivity contribution in [3.05, 3.63) is 65.2 Å². The van der Waals surface area contributed by atoms with Crippen molar-refractivity contribution in [2.75, 3.05) is 5.75 Å². The summed E-state index contributed by atoms with van der Waals surface area (Å²) >= 11 is 1.70. The van der Waals surface area contributed by atoms with E-state index in [1.165, 1.54) is 6.21 Å². The Morgan fingerprint density at radius 3 is 2.81 bits per heavy atom. The zero-order valence-corrected chi connectivity index (χ0v) is 12.2. The van der Waals surface area contributed by atoms with Gasteiger partial charge in [-0.2, -0.15) is 0 Å². The average Bonchev–Trinajstić information content (AvgIpc) is 2.54. The van der Waals surface area contributed by atoms with Gasteiger partial charge in [0.1, 0.15) is 12.4 Å². The molecule has 3 rings (SSSR count). The van der Waals surface area contributed by atoms with E-state index < -0.39 is 0 Å². The van der Waals surface area contributed by atoms with Crippen LogP contribution in [0.5, 0.6) is 5.75 Å². The molecule has 0 saturated heterocycles. The molecule has 0 atom stereocenters. The summed E-state index contributed by atoms with van der Waals surface area (Å²) < 4.78 is 5.95. The van der Waals surface area contributed by atoms with Gasteiger partial charge in [-0.05, 0) is 28.8 Å². The number of hydrogen-bond acceptors (Lipinski definition) is 4. The summed E-state index contributed by atoms with van der Waals surface area (Å²) in [6.07, 6.45) is 3.51. The molecule has 1 aliphatic rings. The Balaban J connectivity index is 1.80. The topological polar surface area (TPSA) is 41.8 Å². The van der Waals surface area contributed by atoms with Crippen LogP contribution < -0.4 is 4.74 Å². The van der Waals surface area contributed by atoms with E-state index in [1.54, 1.807) is 11.8 Å². The van der Waals surface area contributed by atoms with Crippen molar-refractivity contribution in [3.63, 3.8) is 0 Å². The molecule has 106 valence electrons. The Labute approximate surface area is 127 Å². The minimum absolute atomic E-state index is 0.562. The lowest BCUT2D eigenvalue weighted by molar-refractivity contribution is 0.299. The molecule has 0 amide bonds. The number of benzene rings is 2. The largest absolute Gasteiger partial charge is 0.488 e. The van der Waals surface area contributed by atoms with Crippen molar-refractivity contribution < 1.29 is 9.94 Å². The lowest BCUT2D eigenvalue weighted by atomic mass is 10.1. The number of oxime groups is 1. The Morgan fingerprint density at radius 2 is 2.00 bits per heavy atom. The minimum Gasteiger partial charge on any atom is -0.488 e. The third-order valence-electron chi connectivity index (χ3n) is 3.19. The number of thioether (sulfide) groups is 1. The van der Waals surface area contributed by atoms with Crippen LogP contribution >= 0.6 is 11.8 Å². The molecule has 21 heavy (non-hydrogen) atoms. The summed E-state index contributed by atoms with van der Waals surface area (Å²) in [6, 6.07) is 16.1. The van der Waals surface area contributed by atoms with Gasteiger partial charge in [0.2, 0.25) is 0 Å². The van der Waals surface area contributed by atoms with Crippen LogP contribution in [0.2, 0.25) is 0 Å². The van der Waals surface area contributed by atoms with Gasteiger partial charge >= 0.3 is 0 Å². The molecule has 0 unspecified atom stereocenters. The lowest BCUT2D eigenvalue weighted by Crippen LogP contribution is -2.01. The molecule has 0 saturated carbocycles. The van der Waals surface area contributed by atoms with Crippen molar-refractivity contribution >= 4 is 24.1 Å². The Morgan fingerprint density at radius 1 is 1.14 bits per heavy atom. The molecule has 0 radical (unpaired) electrons. The van der Waals surface area contributed by atoms with E-state index in [4.69, 9.17) is 9.94 Å². The van der Waals surface area contributed by atoms with E-state index in [9.17, 15) is 0 Å². The standard InChI is InChI=1S/C17H15NO2S/c19-18-10-14-9-15-7-4-8-16(17(15)21-12-14)20-11-13-5-2-1-3-6-13/h1-10,19H,11-12H2/b18-10+. The first kappa shape index (κ1) is 13.8. The summed E-state index contributed by atoms with van der Waals surface area (Å²) in [7, 11) is 0. The van der Waals surface area contributed by atoms with Crippen LogP contribution in [0, 0.1) is 0 Å². The van der Waals surface area contributed by atoms with Gasteiger partial charge in [-0.25, -0.2) is 0 Å². The predicted octanol–water partition coefficient (Wildman–Crippen LogP) is 4.21. The molecule has 1 N–H and O–H groups in total. The first-order valence-corrected chi connectivity index (χ1v) is 7.66. The van der Waals surface area contributed by atoms with Gasteiger partial charge < -0.3 is 9.94 Å². The highest BCUT2D eigenvalue weighted by atomic mass is 32.2. The van der Waals surface area contributed by atoms with E-state index in [0.29, 0.717) is 6.61 Å². The number of fused-ring (bicyclic) bond motifs is 1. The van der Waals surface area contributed by atoms with Crippen LogP contribution in [0.1, 0.15) is 11.1 Å². The highest BCUT2D eigenvalue weighted by Crippen LogP contribution is 2.38. The second-order valence-corrected chi connectivity index (χ2v) is 5.69. The molecular formula is C17H15NO2S. The van der Waals surface area contributed by atoms with Crippen LogP contribution in [-0.4, -0.2) is 17.2 Å². The molecule has 0 aliphatic carbocycles. The second-order valence-electron chi connectivity index (χ2n) is 4.70. The predicted molar refractivity (Wildman–Crippen MR) is 86.2 cm³/mol. The summed E-state index contributed by atoms with van der Waals surface area (Å²) in [4.78, 5) is 1.14. The Bertz CT molecular complexity index is 680. The van der Waals surface area contributed by atoms with Gasteiger partial charge in [0.25, 0.3) is 0 Å². The zero-order chi connectivity index (χ0) is 14.5. The van der Waals surface area contributed by atoms with Crippen LogP contribution in [0.4, 0.5) is 0 Å². The van der Waals surface area contributed by atoms with Gasteiger partial charge in [0, 0.05) is 5.75 Å². The fraction of sp³-hybridized carbons (Fsp3) is 0.118. The van der Waals surface area contributed by atoms with E-state index in [2.05, 4.69) is 17.3 Å². The van der Waals surface area contributed by atoms with Crippen LogP contribution in [0.3, 0.4) is 0 Å². The molecule has 2 aromatic carbocycles. The van der Waals surface area contributed by atoms with E-state index in [0.717, 1.165) is 33.1 Å². The normalized spacial score (nSPS) is 13.8. The van der Waals surface area contributed by atoms with Crippen molar-refractivity contribution in [1.82, 2.24) is 0 Å². The highest BCUT2D eigenvalue weighted by molar-refractivity contribution is 7.99. The zero-order valence-electron chi connectivity index (χ0n) is 11.4. The fourth-order valence-electron chi connectivity index (χ4n) is 2.20. The number of nitrogens with zero attached hydrogens (tertiary/aromatic N) is 1. The minimum atomic E-state index is 0.562. The van der Waals surface area contributed by atoms with Crippen LogP contribution in [-0.2, 0) is 6.61 Å². The third kappa shape index (κ3) is 3.28. The maximum atomic E-state index is 8.63. The van der Waals surface area contributed by atoms with Gasteiger partial charge in [0.15, 0.2) is 0 Å². The quantitative estimate of drug-likeness (QED) is 0.522. The number of ether oxygens (including phenoxy) is 1. The number of hydrogen-bond donors (Lipinski definition) is 1. The van der Waals surface area contributed by atoms with E-state index >= 15 is 0 Å². The average molecular weight is 297 g/mol. The fourth-order valence-corrected chi connectivity index (χ4v) is 3.23. The lowest BCUT2D eigenvalue weighted by Gasteiger charge is -2.17.